The van der Waals surface area contributed by atoms with Gasteiger partial charge in [-0.3, -0.25) is 9.69 Å². The normalized spacial score (nSPS) is 16.0. The molecule has 0 amide bonds. The van der Waals surface area contributed by atoms with Gasteiger partial charge in [-0.25, -0.2) is 0 Å². The maximum absolute atomic E-state index is 12.0. The predicted octanol–water partition coefficient (Wildman–Crippen LogP) is 8.01. The Kier molecular flexibility index (Phi) is 9.98. The Morgan fingerprint density at radius 1 is 0.957 bits per heavy atom. The number of likely N-dealkylation sites (tertiary alicyclic amines) is 1. The van der Waals surface area contributed by atoms with Crippen molar-refractivity contribution < 1.29 is 28.8 Å². The Hall–Kier alpha value is -4.23. The number of nitrogens with zero attached hydrogens (tertiary/aromatic N) is 2. The van der Waals surface area contributed by atoms with Gasteiger partial charge in [0.15, 0.2) is 11.5 Å². The molecule has 1 atom stereocenters. The Labute approximate surface area is 281 Å². The van der Waals surface area contributed by atoms with Crippen LogP contribution in [0.1, 0.15) is 41.5 Å². The van der Waals surface area contributed by atoms with Crippen LogP contribution in [0.3, 0.4) is 0 Å². The fourth-order valence-electron chi connectivity index (χ4n) is 5.80. The van der Waals surface area contributed by atoms with E-state index in [-0.39, 0.29) is 13.2 Å². The summed E-state index contributed by atoms with van der Waals surface area (Å²) in [4.78, 5) is 14.0. The van der Waals surface area contributed by atoms with Crippen LogP contribution in [0.25, 0.3) is 11.1 Å². The van der Waals surface area contributed by atoms with E-state index in [9.17, 15) is 15.2 Å². The Balaban J connectivity index is 1.25. The van der Waals surface area contributed by atoms with E-state index < -0.39 is 12.0 Å². The monoisotopic (exact) mass is 702 g/mol. The maximum atomic E-state index is 12.0. The van der Waals surface area contributed by atoms with Crippen LogP contribution in [0.4, 0.5) is 0 Å². The first-order valence-electron chi connectivity index (χ1n) is 15.1. The molecule has 6 rings (SSSR count). The molecule has 2 aliphatic rings. The molecule has 2 heterocycles. The molecule has 0 saturated carbocycles. The molecule has 8 nitrogen and oxygen atoms in total. The summed E-state index contributed by atoms with van der Waals surface area (Å²) in [5, 5.41) is 19.6. The van der Waals surface area contributed by atoms with Gasteiger partial charge in [0, 0.05) is 28.2 Å². The Morgan fingerprint density at radius 2 is 1.76 bits per heavy atom. The molecule has 0 unspecified atom stereocenters. The molecule has 2 aliphatic heterocycles. The molecule has 46 heavy (non-hydrogen) atoms. The Bertz CT molecular complexity index is 1790. The van der Waals surface area contributed by atoms with E-state index in [1.54, 1.807) is 24.3 Å². The zero-order valence-electron chi connectivity index (χ0n) is 25.0. The van der Waals surface area contributed by atoms with Crippen LogP contribution in [0.15, 0.2) is 77.3 Å². The van der Waals surface area contributed by atoms with Crippen LogP contribution in [0, 0.1) is 11.3 Å². The van der Waals surface area contributed by atoms with Gasteiger partial charge < -0.3 is 24.1 Å². The zero-order valence-corrected chi connectivity index (χ0v) is 27.4. The minimum absolute atomic E-state index is 0.217. The van der Waals surface area contributed by atoms with Gasteiger partial charge in [-0.2, -0.15) is 5.26 Å². The van der Waals surface area contributed by atoms with Crippen molar-refractivity contribution in [2.75, 3.05) is 19.8 Å². The molecule has 1 saturated heterocycles. The van der Waals surface area contributed by atoms with E-state index in [4.69, 9.17) is 30.5 Å². The SMILES string of the molecule is N#Cc1cccc(COc2cc(OCc3cccc(-c4ccc5c(c4)OCCO5)c3Br)c(Cl)cc2CN2CCCC[C@H]2C(=O)O)c1. The second kappa shape index (κ2) is 14.5. The summed E-state index contributed by atoms with van der Waals surface area (Å²) in [7, 11) is 0. The number of aliphatic carboxylic acids is 1. The number of benzene rings is 4. The molecular weight excluding hydrogens is 672 g/mol. The average molecular weight is 704 g/mol. The van der Waals surface area contributed by atoms with Gasteiger partial charge in [0.25, 0.3) is 0 Å². The van der Waals surface area contributed by atoms with E-state index in [0.717, 1.165) is 56.6 Å². The summed E-state index contributed by atoms with van der Waals surface area (Å²) in [6.07, 6.45) is 2.41. The molecule has 0 radical (unpaired) electrons. The van der Waals surface area contributed by atoms with Gasteiger partial charge in [-0.05, 0) is 82.3 Å². The smallest absolute Gasteiger partial charge is 0.320 e. The summed E-state index contributed by atoms with van der Waals surface area (Å²) in [6, 6.07) is 24.3. The highest BCUT2D eigenvalue weighted by Gasteiger charge is 2.29. The Morgan fingerprint density at radius 3 is 2.59 bits per heavy atom. The number of fused-ring (bicyclic) bond motifs is 1. The van der Waals surface area contributed by atoms with Crippen LogP contribution in [0.5, 0.6) is 23.0 Å². The number of halogens is 2. The lowest BCUT2D eigenvalue weighted by molar-refractivity contribution is -0.144. The van der Waals surface area contributed by atoms with Crippen molar-refractivity contribution in [3.63, 3.8) is 0 Å². The predicted molar refractivity (Wildman–Crippen MR) is 178 cm³/mol. The first-order chi connectivity index (χ1) is 22.4. The van der Waals surface area contributed by atoms with Crippen molar-refractivity contribution in [3.8, 4) is 40.2 Å². The highest BCUT2D eigenvalue weighted by atomic mass is 79.9. The van der Waals surface area contributed by atoms with Gasteiger partial charge in [-0.1, -0.05) is 54.4 Å². The van der Waals surface area contributed by atoms with Crippen LogP contribution in [0.2, 0.25) is 5.02 Å². The number of hydrogen-bond acceptors (Lipinski definition) is 7. The minimum atomic E-state index is -0.828. The average Bonchev–Trinajstić information content (AvgIpc) is 3.08. The fraction of sp³-hybridized carbons (Fsp3) is 0.278. The first kappa shape index (κ1) is 31.7. The molecular formula is C36H32BrClN2O6. The van der Waals surface area contributed by atoms with E-state index in [1.807, 2.05) is 53.4 Å². The molecule has 236 valence electrons. The van der Waals surface area contributed by atoms with Crippen LogP contribution >= 0.6 is 27.5 Å². The van der Waals surface area contributed by atoms with Crippen molar-refractivity contribution in [1.29, 1.82) is 5.26 Å². The second-order valence-corrected chi connectivity index (χ2v) is 12.4. The van der Waals surface area contributed by atoms with Crippen molar-refractivity contribution >= 4 is 33.5 Å². The van der Waals surface area contributed by atoms with Gasteiger partial charge in [0.2, 0.25) is 0 Å². The zero-order chi connectivity index (χ0) is 32.0. The first-order valence-corrected chi connectivity index (χ1v) is 16.3. The topological polar surface area (TPSA) is 101 Å². The van der Waals surface area contributed by atoms with Crippen LogP contribution < -0.4 is 18.9 Å². The molecule has 0 spiro atoms. The molecule has 0 aromatic heterocycles. The van der Waals surface area contributed by atoms with Crippen molar-refractivity contribution in [1.82, 2.24) is 4.90 Å². The fourth-order valence-corrected chi connectivity index (χ4v) is 6.64. The van der Waals surface area contributed by atoms with E-state index in [0.29, 0.717) is 54.8 Å². The molecule has 0 bridgehead atoms. The molecule has 4 aromatic rings. The minimum Gasteiger partial charge on any atom is -0.488 e. The molecule has 0 aliphatic carbocycles. The summed E-state index contributed by atoms with van der Waals surface area (Å²) >= 11 is 10.6. The van der Waals surface area contributed by atoms with Crippen molar-refractivity contribution in [3.05, 3.63) is 105 Å². The van der Waals surface area contributed by atoms with Gasteiger partial charge in [-0.15, -0.1) is 0 Å². The lowest BCUT2D eigenvalue weighted by Gasteiger charge is -2.33. The summed E-state index contributed by atoms with van der Waals surface area (Å²) in [5.74, 6) is 1.61. The van der Waals surface area contributed by atoms with E-state index in [1.165, 1.54) is 0 Å². The summed E-state index contributed by atoms with van der Waals surface area (Å²) < 4.78 is 24.9. The third kappa shape index (κ3) is 7.26. The number of ether oxygens (including phenoxy) is 4. The third-order valence-electron chi connectivity index (χ3n) is 8.15. The third-order valence-corrected chi connectivity index (χ3v) is 9.38. The summed E-state index contributed by atoms with van der Waals surface area (Å²) in [6.45, 7) is 2.54. The molecule has 4 aromatic carbocycles. The second-order valence-electron chi connectivity index (χ2n) is 11.2. The molecule has 1 N–H and O–H groups in total. The van der Waals surface area contributed by atoms with Crippen molar-refractivity contribution in [2.24, 2.45) is 0 Å². The number of hydrogen-bond donors (Lipinski definition) is 1. The molecule has 10 heteroatoms. The van der Waals surface area contributed by atoms with Crippen LogP contribution in [-0.2, 0) is 24.6 Å². The largest absolute Gasteiger partial charge is 0.488 e. The summed E-state index contributed by atoms with van der Waals surface area (Å²) in [5.41, 5.74) is 5.03. The maximum Gasteiger partial charge on any atom is 0.320 e. The number of carbonyl (C=O) groups is 1. The number of carboxylic acid groups (broad SMARTS) is 1. The van der Waals surface area contributed by atoms with Gasteiger partial charge >= 0.3 is 5.97 Å². The lowest BCUT2D eigenvalue weighted by atomic mass is 10.0. The number of nitriles is 1. The number of carboxylic acids is 1. The van der Waals surface area contributed by atoms with Crippen molar-refractivity contribution in [2.45, 2.75) is 45.1 Å². The number of rotatable bonds is 10. The standard InChI is InChI=1S/C36H32BrClN2O6/c37-35-26(7-4-8-28(35)25-10-11-31-34(17-25)44-14-13-43-31)22-46-33-18-32(45-21-24-6-3-5-23(15-24)19-39)27(16-29(33)38)20-40-12-2-1-9-30(40)36(41)42/h3-8,10-11,15-18,30H,1-2,9,12-14,20-22H2,(H,41,42)/t30-/m0/s1. The number of piperidine rings is 1. The highest BCUT2D eigenvalue weighted by molar-refractivity contribution is 9.10. The quantitative estimate of drug-likeness (QED) is 0.177. The molecule has 1 fully saturated rings. The lowest BCUT2D eigenvalue weighted by Crippen LogP contribution is -2.44. The highest BCUT2D eigenvalue weighted by Crippen LogP contribution is 2.39. The van der Waals surface area contributed by atoms with E-state index >= 15 is 0 Å². The van der Waals surface area contributed by atoms with E-state index in [2.05, 4.69) is 22.0 Å². The van der Waals surface area contributed by atoms with Gasteiger partial charge in [0.05, 0.1) is 16.7 Å². The van der Waals surface area contributed by atoms with Crippen LogP contribution in [-0.4, -0.2) is 41.8 Å². The van der Waals surface area contributed by atoms with Gasteiger partial charge in [0.1, 0.15) is 44.0 Å².